The molecule has 1 N–H and O–H groups in total. The van der Waals surface area contributed by atoms with E-state index in [1.807, 2.05) is 19.9 Å². The monoisotopic (exact) mass is 303 g/mol. The van der Waals surface area contributed by atoms with Crippen molar-refractivity contribution in [1.82, 2.24) is 5.32 Å². The van der Waals surface area contributed by atoms with Crippen molar-refractivity contribution in [2.75, 3.05) is 19.8 Å². The van der Waals surface area contributed by atoms with Crippen LogP contribution in [0.2, 0.25) is 0 Å². The van der Waals surface area contributed by atoms with Gasteiger partial charge in [0.2, 0.25) is 0 Å². The lowest BCUT2D eigenvalue weighted by Crippen LogP contribution is -2.25. The van der Waals surface area contributed by atoms with E-state index in [2.05, 4.69) is 24.4 Å². The maximum atomic E-state index is 12.0. The molecule has 1 atom stereocenters. The number of hydrogen-bond donors (Lipinski definition) is 1. The molecular formula is C16H24F3NO. The van der Waals surface area contributed by atoms with Crippen molar-refractivity contribution in [3.8, 4) is 0 Å². The van der Waals surface area contributed by atoms with E-state index in [9.17, 15) is 13.2 Å². The maximum Gasteiger partial charge on any atom is 0.389 e. The summed E-state index contributed by atoms with van der Waals surface area (Å²) in [6.07, 6.45) is -4.88. The van der Waals surface area contributed by atoms with Crippen molar-refractivity contribution in [3.05, 3.63) is 34.9 Å². The summed E-state index contributed by atoms with van der Waals surface area (Å²) in [5.74, 6) is 0. The Morgan fingerprint density at radius 1 is 1.19 bits per heavy atom. The van der Waals surface area contributed by atoms with Crippen LogP contribution in [0.1, 0.15) is 42.5 Å². The molecule has 0 saturated carbocycles. The minimum absolute atomic E-state index is 0.00920. The molecule has 0 aliphatic carbocycles. The molecule has 0 fully saturated rings. The zero-order chi connectivity index (χ0) is 15.9. The van der Waals surface area contributed by atoms with Gasteiger partial charge < -0.3 is 10.1 Å². The maximum absolute atomic E-state index is 12.0. The highest BCUT2D eigenvalue weighted by molar-refractivity contribution is 5.31. The minimum atomic E-state index is -4.10. The molecule has 1 rings (SSSR count). The highest BCUT2D eigenvalue weighted by Gasteiger charge is 2.26. The second-order valence-corrected chi connectivity index (χ2v) is 5.25. The Morgan fingerprint density at radius 3 is 2.48 bits per heavy atom. The van der Waals surface area contributed by atoms with Gasteiger partial charge in [-0.3, -0.25) is 0 Å². The summed E-state index contributed by atoms with van der Waals surface area (Å²) in [5, 5.41) is 3.31. The standard InChI is InChI=1S/C16H24F3NO/c1-4-20-15(11-21-9-5-8-16(17,18)19)14-7-6-12(2)13(3)10-14/h6-7,10,15,20H,4-5,8-9,11H2,1-3H3. The SMILES string of the molecule is CCNC(COCCCC(F)(F)F)c1ccc(C)c(C)c1. The van der Waals surface area contributed by atoms with Gasteiger partial charge in [-0.15, -0.1) is 0 Å². The zero-order valence-electron chi connectivity index (χ0n) is 12.9. The lowest BCUT2D eigenvalue weighted by Gasteiger charge is -2.19. The van der Waals surface area contributed by atoms with Gasteiger partial charge in [-0.05, 0) is 43.5 Å². The molecule has 0 radical (unpaired) electrons. The van der Waals surface area contributed by atoms with Crippen LogP contribution >= 0.6 is 0 Å². The van der Waals surface area contributed by atoms with E-state index < -0.39 is 12.6 Å². The summed E-state index contributed by atoms with van der Waals surface area (Å²) >= 11 is 0. The summed E-state index contributed by atoms with van der Waals surface area (Å²) in [5.41, 5.74) is 3.53. The van der Waals surface area contributed by atoms with Crippen LogP contribution < -0.4 is 5.32 Å². The van der Waals surface area contributed by atoms with Crippen LogP contribution in [-0.2, 0) is 4.74 Å². The summed E-state index contributed by atoms with van der Waals surface area (Å²) in [6, 6.07) is 6.20. The first-order valence-electron chi connectivity index (χ1n) is 7.28. The van der Waals surface area contributed by atoms with Crippen LogP contribution in [0.15, 0.2) is 18.2 Å². The van der Waals surface area contributed by atoms with Crippen molar-refractivity contribution in [2.45, 2.75) is 45.8 Å². The van der Waals surface area contributed by atoms with Crippen LogP contribution in [0.4, 0.5) is 13.2 Å². The number of benzene rings is 1. The van der Waals surface area contributed by atoms with Crippen LogP contribution in [0.3, 0.4) is 0 Å². The van der Waals surface area contributed by atoms with Gasteiger partial charge in [0.25, 0.3) is 0 Å². The molecule has 1 aromatic rings. The Morgan fingerprint density at radius 2 is 1.90 bits per heavy atom. The average Bonchev–Trinajstić information content (AvgIpc) is 2.39. The average molecular weight is 303 g/mol. The summed E-state index contributed by atoms with van der Waals surface area (Å²) in [7, 11) is 0. The van der Waals surface area contributed by atoms with Crippen LogP contribution in [0.25, 0.3) is 0 Å². The highest BCUT2D eigenvalue weighted by atomic mass is 19.4. The van der Waals surface area contributed by atoms with Gasteiger partial charge in [-0.2, -0.15) is 13.2 Å². The molecule has 0 heterocycles. The number of nitrogens with one attached hydrogen (secondary N) is 1. The van der Waals surface area contributed by atoms with Gasteiger partial charge in [-0.25, -0.2) is 0 Å². The van der Waals surface area contributed by atoms with Gasteiger partial charge >= 0.3 is 6.18 Å². The van der Waals surface area contributed by atoms with Gasteiger partial charge in [0.1, 0.15) is 0 Å². The third-order valence-electron chi connectivity index (χ3n) is 3.42. The predicted octanol–water partition coefficient (Wildman–Crippen LogP) is 4.31. The molecule has 120 valence electrons. The fourth-order valence-corrected chi connectivity index (χ4v) is 2.08. The van der Waals surface area contributed by atoms with E-state index in [-0.39, 0.29) is 19.1 Å². The van der Waals surface area contributed by atoms with E-state index in [1.165, 1.54) is 11.1 Å². The molecule has 0 saturated heterocycles. The topological polar surface area (TPSA) is 21.3 Å². The zero-order valence-corrected chi connectivity index (χ0v) is 12.9. The Kier molecular flexibility index (Phi) is 7.18. The van der Waals surface area contributed by atoms with Crippen LogP contribution in [-0.4, -0.2) is 25.9 Å². The fourth-order valence-electron chi connectivity index (χ4n) is 2.08. The second-order valence-electron chi connectivity index (χ2n) is 5.25. The number of likely N-dealkylation sites (N-methyl/N-ethyl adjacent to an activating group) is 1. The first-order valence-corrected chi connectivity index (χ1v) is 7.28. The summed E-state index contributed by atoms with van der Waals surface area (Å²) in [4.78, 5) is 0. The molecule has 5 heteroatoms. The fraction of sp³-hybridized carbons (Fsp3) is 0.625. The molecule has 0 aromatic heterocycles. The van der Waals surface area contributed by atoms with E-state index in [1.54, 1.807) is 0 Å². The Bertz CT molecular complexity index is 432. The Hall–Kier alpha value is -1.07. The Labute approximate surface area is 124 Å². The molecule has 0 bridgehead atoms. The van der Waals surface area contributed by atoms with Gasteiger partial charge in [0.05, 0.1) is 12.6 Å². The Balaban J connectivity index is 2.48. The lowest BCUT2D eigenvalue weighted by atomic mass is 10.0. The molecule has 0 spiro atoms. The molecule has 1 aromatic carbocycles. The number of ether oxygens (including phenoxy) is 1. The minimum Gasteiger partial charge on any atom is -0.379 e. The van der Waals surface area contributed by atoms with Crippen molar-refractivity contribution >= 4 is 0 Å². The first-order chi connectivity index (χ1) is 9.83. The third kappa shape index (κ3) is 6.96. The van der Waals surface area contributed by atoms with Crippen molar-refractivity contribution in [3.63, 3.8) is 0 Å². The first kappa shape index (κ1) is 18.0. The van der Waals surface area contributed by atoms with Gasteiger partial charge in [0.15, 0.2) is 0 Å². The molecule has 1 unspecified atom stereocenters. The highest BCUT2D eigenvalue weighted by Crippen LogP contribution is 2.21. The molecule has 2 nitrogen and oxygen atoms in total. The number of alkyl halides is 3. The van der Waals surface area contributed by atoms with Crippen LogP contribution in [0, 0.1) is 13.8 Å². The normalized spacial score (nSPS) is 13.4. The smallest absolute Gasteiger partial charge is 0.379 e. The third-order valence-corrected chi connectivity index (χ3v) is 3.42. The van der Waals surface area contributed by atoms with Crippen molar-refractivity contribution in [1.29, 1.82) is 0 Å². The number of aryl methyl sites for hydroxylation is 2. The molecular weight excluding hydrogens is 279 g/mol. The van der Waals surface area contributed by atoms with E-state index in [0.717, 1.165) is 12.1 Å². The largest absolute Gasteiger partial charge is 0.389 e. The van der Waals surface area contributed by atoms with Gasteiger partial charge in [0, 0.05) is 13.0 Å². The number of halogens is 3. The number of rotatable bonds is 8. The molecule has 21 heavy (non-hydrogen) atoms. The molecule has 0 aliphatic rings. The second kappa shape index (κ2) is 8.39. The van der Waals surface area contributed by atoms with E-state index >= 15 is 0 Å². The molecule has 0 aliphatic heterocycles. The number of hydrogen-bond acceptors (Lipinski definition) is 2. The lowest BCUT2D eigenvalue weighted by molar-refractivity contribution is -0.138. The van der Waals surface area contributed by atoms with Crippen molar-refractivity contribution in [2.24, 2.45) is 0 Å². The quantitative estimate of drug-likeness (QED) is 0.722. The van der Waals surface area contributed by atoms with Crippen molar-refractivity contribution < 1.29 is 17.9 Å². The predicted molar refractivity (Wildman–Crippen MR) is 78.4 cm³/mol. The molecule has 0 amide bonds. The summed E-state index contributed by atoms with van der Waals surface area (Å²) in [6.45, 7) is 7.39. The van der Waals surface area contributed by atoms with E-state index in [0.29, 0.717) is 6.61 Å². The van der Waals surface area contributed by atoms with E-state index in [4.69, 9.17) is 4.74 Å². The van der Waals surface area contributed by atoms with Gasteiger partial charge in [-0.1, -0.05) is 25.1 Å². The summed E-state index contributed by atoms with van der Waals surface area (Å²) < 4.78 is 41.5. The van der Waals surface area contributed by atoms with Crippen LogP contribution in [0.5, 0.6) is 0 Å².